The number of aromatic nitrogens is 1. The minimum Gasteiger partial charge on any atom is -0.493 e. The van der Waals surface area contributed by atoms with Crippen molar-refractivity contribution < 1.29 is 22.7 Å². The van der Waals surface area contributed by atoms with Gasteiger partial charge in [-0.2, -0.15) is 4.31 Å². The number of likely N-dealkylation sites (N-methyl/N-ethyl adjacent to an activating group) is 1. The van der Waals surface area contributed by atoms with Gasteiger partial charge < -0.3 is 14.8 Å². The molecule has 1 aromatic carbocycles. The molecular formula is C17H21N3O5S. The van der Waals surface area contributed by atoms with Crippen LogP contribution in [-0.2, 0) is 21.4 Å². The summed E-state index contributed by atoms with van der Waals surface area (Å²) in [6.45, 7) is 0.00908. The number of nitrogens with one attached hydrogen (secondary N) is 1. The number of amides is 1. The number of carbonyl (C=O) groups is 1. The van der Waals surface area contributed by atoms with Crippen LogP contribution in [0.15, 0.2) is 42.7 Å². The molecule has 0 aliphatic rings. The molecule has 8 nitrogen and oxygen atoms in total. The summed E-state index contributed by atoms with van der Waals surface area (Å²) in [6, 6.07) is 8.62. The zero-order chi connectivity index (χ0) is 19.2. The highest BCUT2D eigenvalue weighted by Gasteiger charge is 2.16. The van der Waals surface area contributed by atoms with Crippen LogP contribution in [0.4, 0.5) is 5.69 Å². The summed E-state index contributed by atoms with van der Waals surface area (Å²) in [5, 5.41) is 2.64. The molecule has 1 heterocycles. The topological polar surface area (TPSA) is 97.8 Å². The number of hydrogen-bond donors (Lipinski definition) is 1. The van der Waals surface area contributed by atoms with Gasteiger partial charge in [-0.25, -0.2) is 8.42 Å². The van der Waals surface area contributed by atoms with Gasteiger partial charge in [0.15, 0.2) is 11.5 Å². The molecule has 0 radical (unpaired) electrons. The number of methoxy groups -OCH3 is 1. The summed E-state index contributed by atoms with van der Waals surface area (Å²) >= 11 is 0. The Morgan fingerprint density at radius 2 is 2.04 bits per heavy atom. The lowest BCUT2D eigenvalue weighted by atomic mass is 10.2. The van der Waals surface area contributed by atoms with E-state index in [-0.39, 0.29) is 6.54 Å². The highest BCUT2D eigenvalue weighted by Crippen LogP contribution is 2.30. The first-order valence-electron chi connectivity index (χ1n) is 7.70. The number of benzene rings is 1. The zero-order valence-corrected chi connectivity index (χ0v) is 15.6. The Balaban J connectivity index is 2.07. The van der Waals surface area contributed by atoms with Crippen LogP contribution >= 0.6 is 0 Å². The molecule has 0 atom stereocenters. The third-order valence-electron chi connectivity index (χ3n) is 3.50. The summed E-state index contributed by atoms with van der Waals surface area (Å²) in [5.74, 6) is 0.507. The number of ether oxygens (including phenoxy) is 2. The van der Waals surface area contributed by atoms with Crippen LogP contribution in [0.5, 0.6) is 11.5 Å². The molecule has 0 saturated carbocycles. The molecule has 0 spiro atoms. The summed E-state index contributed by atoms with van der Waals surface area (Å²) < 4.78 is 34.7. The van der Waals surface area contributed by atoms with Crippen LogP contribution in [0.3, 0.4) is 0 Å². The first-order valence-corrected chi connectivity index (χ1v) is 9.55. The van der Waals surface area contributed by atoms with Gasteiger partial charge in [0.2, 0.25) is 15.9 Å². The van der Waals surface area contributed by atoms with Crippen molar-refractivity contribution >= 4 is 21.6 Å². The quantitative estimate of drug-likeness (QED) is 0.746. The molecule has 1 N–H and O–H groups in total. The van der Waals surface area contributed by atoms with E-state index in [9.17, 15) is 13.2 Å². The predicted octanol–water partition coefficient (Wildman–Crippen LogP) is 1.50. The molecule has 0 bridgehead atoms. The van der Waals surface area contributed by atoms with E-state index in [1.165, 1.54) is 14.2 Å². The molecule has 0 saturated heterocycles. The lowest BCUT2D eigenvalue weighted by molar-refractivity contribution is -0.116. The number of pyridine rings is 1. The molecule has 0 aliphatic heterocycles. The van der Waals surface area contributed by atoms with Crippen molar-refractivity contribution in [3.63, 3.8) is 0 Å². The molecule has 1 aromatic heterocycles. The Morgan fingerprint density at radius 1 is 1.27 bits per heavy atom. The van der Waals surface area contributed by atoms with Crippen LogP contribution in [-0.4, -0.2) is 50.6 Å². The van der Waals surface area contributed by atoms with E-state index in [0.717, 1.165) is 16.1 Å². The second-order valence-electron chi connectivity index (χ2n) is 5.58. The Kier molecular flexibility index (Phi) is 6.53. The van der Waals surface area contributed by atoms with Crippen molar-refractivity contribution in [2.75, 3.05) is 32.3 Å². The third kappa shape index (κ3) is 5.71. The fourth-order valence-electron chi connectivity index (χ4n) is 2.03. The molecule has 2 rings (SSSR count). The van der Waals surface area contributed by atoms with Gasteiger partial charge in [0.05, 0.1) is 19.9 Å². The minimum absolute atomic E-state index is 0.281. The van der Waals surface area contributed by atoms with Crippen LogP contribution in [0.25, 0.3) is 0 Å². The van der Waals surface area contributed by atoms with E-state index in [1.807, 2.05) is 12.1 Å². The maximum Gasteiger partial charge on any atom is 0.239 e. The van der Waals surface area contributed by atoms with Crippen molar-refractivity contribution in [1.82, 2.24) is 9.29 Å². The highest BCUT2D eigenvalue weighted by molar-refractivity contribution is 7.88. The molecule has 0 unspecified atom stereocenters. The normalized spacial score (nSPS) is 11.2. The van der Waals surface area contributed by atoms with Crippen LogP contribution in [0.1, 0.15) is 5.56 Å². The van der Waals surface area contributed by atoms with E-state index in [1.54, 1.807) is 30.6 Å². The second-order valence-corrected chi connectivity index (χ2v) is 7.67. The van der Waals surface area contributed by atoms with Gasteiger partial charge >= 0.3 is 0 Å². The van der Waals surface area contributed by atoms with Crippen molar-refractivity contribution in [2.45, 2.75) is 6.61 Å². The van der Waals surface area contributed by atoms with E-state index in [4.69, 9.17) is 9.47 Å². The predicted molar refractivity (Wildman–Crippen MR) is 97.7 cm³/mol. The molecule has 0 fully saturated rings. The Morgan fingerprint density at radius 3 is 2.65 bits per heavy atom. The summed E-state index contributed by atoms with van der Waals surface area (Å²) in [4.78, 5) is 16.0. The molecule has 2 aromatic rings. The number of sulfonamides is 1. The maximum absolute atomic E-state index is 12.0. The third-order valence-corrected chi connectivity index (χ3v) is 4.76. The van der Waals surface area contributed by atoms with E-state index < -0.39 is 15.9 Å². The van der Waals surface area contributed by atoms with E-state index >= 15 is 0 Å². The molecule has 1 amide bonds. The van der Waals surface area contributed by atoms with Crippen LogP contribution in [0, 0.1) is 0 Å². The van der Waals surface area contributed by atoms with Crippen LogP contribution < -0.4 is 14.8 Å². The van der Waals surface area contributed by atoms with Gasteiger partial charge in [-0.1, -0.05) is 6.07 Å². The lowest BCUT2D eigenvalue weighted by Crippen LogP contribution is -2.34. The standard InChI is InChI=1S/C17H21N3O5S/c1-20(26(3,22)23)11-17(21)19-14-6-7-15(24-2)16(9-14)25-12-13-5-4-8-18-10-13/h4-10H,11-12H2,1-3H3,(H,19,21). The van der Waals surface area contributed by atoms with Gasteiger partial charge in [-0.05, 0) is 18.2 Å². The van der Waals surface area contributed by atoms with Gasteiger partial charge in [-0.15, -0.1) is 0 Å². The summed E-state index contributed by atoms with van der Waals surface area (Å²) in [6.07, 6.45) is 4.41. The van der Waals surface area contributed by atoms with Crippen LogP contribution in [0.2, 0.25) is 0 Å². The van der Waals surface area contributed by atoms with Crippen molar-refractivity contribution in [3.8, 4) is 11.5 Å². The average molecular weight is 379 g/mol. The Hall–Kier alpha value is -2.65. The van der Waals surface area contributed by atoms with E-state index in [0.29, 0.717) is 23.8 Å². The number of carbonyl (C=O) groups excluding carboxylic acids is 1. The SMILES string of the molecule is COc1ccc(NC(=O)CN(C)S(C)(=O)=O)cc1OCc1cccnc1. The number of hydrogen-bond acceptors (Lipinski definition) is 6. The second kappa shape index (κ2) is 8.63. The highest BCUT2D eigenvalue weighted by atomic mass is 32.2. The zero-order valence-electron chi connectivity index (χ0n) is 14.8. The summed E-state index contributed by atoms with van der Waals surface area (Å²) in [5.41, 5.74) is 1.36. The first kappa shape index (κ1) is 19.7. The molecule has 9 heteroatoms. The number of nitrogens with zero attached hydrogens (tertiary/aromatic N) is 2. The fourth-order valence-corrected chi connectivity index (χ4v) is 2.38. The average Bonchev–Trinajstić information content (AvgIpc) is 2.60. The van der Waals surface area contributed by atoms with Gasteiger partial charge in [-0.3, -0.25) is 9.78 Å². The molecule has 140 valence electrons. The number of rotatable bonds is 8. The summed E-state index contributed by atoms with van der Waals surface area (Å²) in [7, 11) is -0.568. The largest absolute Gasteiger partial charge is 0.493 e. The molecule has 0 aliphatic carbocycles. The van der Waals surface area contributed by atoms with Crippen molar-refractivity contribution in [2.24, 2.45) is 0 Å². The molecule has 26 heavy (non-hydrogen) atoms. The fraction of sp³-hybridized carbons (Fsp3) is 0.294. The monoisotopic (exact) mass is 379 g/mol. The van der Waals surface area contributed by atoms with Gasteiger partial charge in [0.25, 0.3) is 0 Å². The minimum atomic E-state index is -3.43. The molecular weight excluding hydrogens is 358 g/mol. The van der Waals surface area contributed by atoms with Crippen molar-refractivity contribution in [3.05, 3.63) is 48.3 Å². The Labute approximate surface area is 152 Å². The Bertz CT molecular complexity index is 856. The van der Waals surface area contributed by atoms with Gasteiger partial charge in [0.1, 0.15) is 6.61 Å². The smallest absolute Gasteiger partial charge is 0.239 e. The van der Waals surface area contributed by atoms with Gasteiger partial charge in [0, 0.05) is 36.8 Å². The number of anilines is 1. The maximum atomic E-state index is 12.0. The first-order chi connectivity index (χ1) is 12.3. The van der Waals surface area contributed by atoms with E-state index in [2.05, 4.69) is 10.3 Å². The van der Waals surface area contributed by atoms with Crippen molar-refractivity contribution in [1.29, 1.82) is 0 Å². The lowest BCUT2D eigenvalue weighted by Gasteiger charge is -2.15.